The maximum atomic E-state index is 10.9. The minimum absolute atomic E-state index is 0.322. The van der Waals surface area contributed by atoms with Gasteiger partial charge in [-0.05, 0) is 37.1 Å². The van der Waals surface area contributed by atoms with Crippen LogP contribution in [0.1, 0.15) is 100 Å². The van der Waals surface area contributed by atoms with Gasteiger partial charge in [-0.15, -0.1) is 0 Å². The third-order valence-electron chi connectivity index (χ3n) is 5.43. The SMILES string of the molecule is CS(=O)(=O)NCCCCCCCCCCCCCCCCNc1ccc(C(=O)O)cc1. The number of carboxylic acids is 1. The van der Waals surface area contributed by atoms with Gasteiger partial charge < -0.3 is 10.4 Å². The predicted octanol–water partition coefficient (Wildman–Crippen LogP) is 5.81. The standard InChI is InChI=1S/C24H42N2O4S/c1-31(29,30)26-21-15-13-11-9-7-5-3-2-4-6-8-10-12-14-20-25-23-18-16-22(17-19-23)24(27)28/h16-19,25-26H,2-15,20-21H2,1H3,(H,27,28). The first-order chi connectivity index (χ1) is 14.9. The van der Waals surface area contributed by atoms with Crippen LogP contribution in [0.15, 0.2) is 24.3 Å². The van der Waals surface area contributed by atoms with E-state index in [1.807, 2.05) is 12.1 Å². The Morgan fingerprint density at radius 1 is 0.710 bits per heavy atom. The first kappa shape index (κ1) is 27.4. The van der Waals surface area contributed by atoms with E-state index in [2.05, 4.69) is 10.0 Å². The molecule has 6 nitrogen and oxygen atoms in total. The van der Waals surface area contributed by atoms with Crippen molar-refractivity contribution in [3.05, 3.63) is 29.8 Å². The summed E-state index contributed by atoms with van der Waals surface area (Å²) in [6.45, 7) is 1.50. The average molecular weight is 455 g/mol. The molecule has 0 heterocycles. The van der Waals surface area contributed by atoms with Gasteiger partial charge in [-0.1, -0.05) is 77.0 Å². The molecule has 31 heavy (non-hydrogen) atoms. The van der Waals surface area contributed by atoms with Gasteiger partial charge in [-0.3, -0.25) is 0 Å². The molecule has 1 aromatic rings. The maximum Gasteiger partial charge on any atom is 0.335 e. The van der Waals surface area contributed by atoms with E-state index in [0.717, 1.165) is 31.5 Å². The Hall–Kier alpha value is -1.60. The largest absolute Gasteiger partial charge is 0.478 e. The van der Waals surface area contributed by atoms with Crippen LogP contribution in [0.2, 0.25) is 0 Å². The first-order valence-electron chi connectivity index (χ1n) is 11.9. The van der Waals surface area contributed by atoms with Crippen molar-refractivity contribution in [1.82, 2.24) is 4.72 Å². The fourth-order valence-electron chi connectivity index (χ4n) is 3.59. The summed E-state index contributed by atoms with van der Waals surface area (Å²) >= 11 is 0. The lowest BCUT2D eigenvalue weighted by atomic mass is 10.0. The minimum atomic E-state index is -3.03. The van der Waals surface area contributed by atoms with Gasteiger partial charge >= 0.3 is 5.97 Å². The summed E-state index contributed by atoms with van der Waals surface area (Å²) in [6, 6.07) is 6.91. The van der Waals surface area contributed by atoms with Crippen molar-refractivity contribution in [2.75, 3.05) is 24.7 Å². The molecule has 0 saturated carbocycles. The van der Waals surface area contributed by atoms with E-state index in [-0.39, 0.29) is 0 Å². The van der Waals surface area contributed by atoms with Gasteiger partial charge in [-0.25, -0.2) is 17.9 Å². The van der Waals surface area contributed by atoms with E-state index < -0.39 is 16.0 Å². The molecule has 1 rings (SSSR count). The third kappa shape index (κ3) is 16.7. The topological polar surface area (TPSA) is 95.5 Å². The molecule has 0 spiro atoms. The molecule has 0 unspecified atom stereocenters. The fraction of sp³-hybridized carbons (Fsp3) is 0.708. The second kappa shape index (κ2) is 17.0. The number of hydrogen-bond donors (Lipinski definition) is 3. The van der Waals surface area contributed by atoms with Gasteiger partial charge in [0.05, 0.1) is 11.8 Å². The van der Waals surface area contributed by atoms with Crippen LogP contribution in [-0.2, 0) is 10.0 Å². The van der Waals surface area contributed by atoms with Crippen LogP contribution in [-0.4, -0.2) is 38.8 Å². The summed E-state index contributed by atoms with van der Waals surface area (Å²) in [5.74, 6) is -0.889. The molecule has 0 aromatic heterocycles. The van der Waals surface area contributed by atoms with Gasteiger partial charge in [0.25, 0.3) is 0 Å². The van der Waals surface area contributed by atoms with E-state index in [1.165, 1.54) is 76.9 Å². The lowest BCUT2D eigenvalue weighted by molar-refractivity contribution is 0.0697. The smallest absolute Gasteiger partial charge is 0.335 e. The van der Waals surface area contributed by atoms with E-state index in [9.17, 15) is 13.2 Å². The number of aromatic carboxylic acids is 1. The zero-order chi connectivity index (χ0) is 22.8. The highest BCUT2D eigenvalue weighted by atomic mass is 32.2. The summed E-state index contributed by atoms with van der Waals surface area (Å²) in [4.78, 5) is 10.8. The second-order valence-electron chi connectivity index (χ2n) is 8.43. The first-order valence-corrected chi connectivity index (χ1v) is 13.8. The van der Waals surface area contributed by atoms with Crippen LogP contribution in [0.5, 0.6) is 0 Å². The second-order valence-corrected chi connectivity index (χ2v) is 10.3. The average Bonchev–Trinajstić information content (AvgIpc) is 2.72. The molecule has 1 aromatic carbocycles. The summed E-state index contributed by atoms with van der Waals surface area (Å²) in [5.41, 5.74) is 1.30. The number of sulfonamides is 1. The number of unbranched alkanes of at least 4 members (excludes halogenated alkanes) is 13. The Bertz CT molecular complexity index is 690. The molecule has 0 aliphatic carbocycles. The molecule has 0 aliphatic rings. The fourth-order valence-corrected chi connectivity index (χ4v) is 4.11. The Labute approximate surface area is 189 Å². The van der Waals surface area contributed by atoms with Crippen molar-refractivity contribution in [2.24, 2.45) is 0 Å². The van der Waals surface area contributed by atoms with Crippen LogP contribution in [0.3, 0.4) is 0 Å². The molecule has 0 radical (unpaired) electrons. The monoisotopic (exact) mass is 454 g/mol. The van der Waals surface area contributed by atoms with Crippen LogP contribution >= 0.6 is 0 Å². The van der Waals surface area contributed by atoms with Crippen molar-refractivity contribution in [2.45, 2.75) is 89.9 Å². The maximum absolute atomic E-state index is 10.9. The number of carbonyl (C=O) groups is 1. The zero-order valence-corrected chi connectivity index (χ0v) is 20.0. The summed E-state index contributed by atoms with van der Waals surface area (Å²) in [7, 11) is -3.03. The zero-order valence-electron chi connectivity index (χ0n) is 19.2. The third-order valence-corrected chi connectivity index (χ3v) is 6.16. The van der Waals surface area contributed by atoms with Crippen LogP contribution in [0.25, 0.3) is 0 Å². The Morgan fingerprint density at radius 2 is 1.10 bits per heavy atom. The molecule has 0 atom stereocenters. The van der Waals surface area contributed by atoms with Crippen molar-refractivity contribution in [3.8, 4) is 0 Å². The minimum Gasteiger partial charge on any atom is -0.478 e. The molecular weight excluding hydrogens is 412 g/mol. The highest BCUT2D eigenvalue weighted by Gasteiger charge is 2.01. The molecule has 0 aliphatic heterocycles. The van der Waals surface area contributed by atoms with Crippen molar-refractivity contribution in [1.29, 1.82) is 0 Å². The van der Waals surface area contributed by atoms with Gasteiger partial charge in [-0.2, -0.15) is 0 Å². The van der Waals surface area contributed by atoms with E-state index in [4.69, 9.17) is 5.11 Å². The number of benzene rings is 1. The highest BCUT2D eigenvalue weighted by molar-refractivity contribution is 7.88. The van der Waals surface area contributed by atoms with Gasteiger partial charge in [0.1, 0.15) is 0 Å². The number of rotatable bonds is 20. The highest BCUT2D eigenvalue weighted by Crippen LogP contribution is 2.14. The molecular formula is C24H42N2O4S. The van der Waals surface area contributed by atoms with E-state index >= 15 is 0 Å². The quantitative estimate of drug-likeness (QED) is 0.216. The van der Waals surface area contributed by atoms with Crippen molar-refractivity contribution in [3.63, 3.8) is 0 Å². The van der Waals surface area contributed by atoms with Crippen LogP contribution < -0.4 is 10.0 Å². The van der Waals surface area contributed by atoms with E-state index in [1.54, 1.807) is 12.1 Å². The Balaban J connectivity index is 1.78. The Morgan fingerprint density at radius 3 is 1.48 bits per heavy atom. The number of hydrogen-bond acceptors (Lipinski definition) is 4. The molecule has 0 bridgehead atoms. The molecule has 0 saturated heterocycles. The predicted molar refractivity (Wildman–Crippen MR) is 129 cm³/mol. The van der Waals surface area contributed by atoms with Gasteiger partial charge in [0.2, 0.25) is 10.0 Å². The summed E-state index contributed by atoms with van der Waals surface area (Å²) in [6.07, 6.45) is 18.6. The van der Waals surface area contributed by atoms with E-state index in [0.29, 0.717) is 12.1 Å². The normalized spacial score (nSPS) is 11.5. The lowest BCUT2D eigenvalue weighted by Crippen LogP contribution is -2.22. The van der Waals surface area contributed by atoms with Crippen LogP contribution in [0, 0.1) is 0 Å². The Kier molecular flexibility index (Phi) is 15.1. The molecule has 0 amide bonds. The number of carboxylic acid groups (broad SMARTS) is 1. The number of nitrogens with one attached hydrogen (secondary N) is 2. The summed E-state index contributed by atoms with van der Waals surface area (Å²) < 4.78 is 24.4. The van der Waals surface area contributed by atoms with Crippen molar-refractivity contribution >= 4 is 21.7 Å². The number of anilines is 1. The van der Waals surface area contributed by atoms with Gasteiger partial charge in [0.15, 0.2) is 0 Å². The molecule has 7 heteroatoms. The van der Waals surface area contributed by atoms with Crippen LogP contribution in [0.4, 0.5) is 5.69 Å². The van der Waals surface area contributed by atoms with Crippen molar-refractivity contribution < 1.29 is 18.3 Å². The lowest BCUT2D eigenvalue weighted by Gasteiger charge is -2.07. The molecule has 178 valence electrons. The van der Waals surface area contributed by atoms with Gasteiger partial charge in [0, 0.05) is 18.8 Å². The molecule has 0 fully saturated rings. The summed E-state index contributed by atoms with van der Waals surface area (Å²) in [5, 5.41) is 12.2. The molecule has 3 N–H and O–H groups in total.